The molecule has 1 aromatic heterocycles. The molecule has 0 spiro atoms. The van der Waals surface area contributed by atoms with Gasteiger partial charge in [0.2, 0.25) is 5.89 Å². The molecule has 1 fully saturated rings. The summed E-state index contributed by atoms with van der Waals surface area (Å²) in [5.74, 6) is 1.71. The molecule has 0 saturated heterocycles. The SMILES string of the molecule is Cc1ccccc1Cc1noc(CC2CCCCC2=O)n1. The van der Waals surface area contributed by atoms with Crippen molar-refractivity contribution in [3.8, 4) is 0 Å². The van der Waals surface area contributed by atoms with Gasteiger partial charge in [0, 0.05) is 25.2 Å². The van der Waals surface area contributed by atoms with Crippen molar-refractivity contribution in [1.82, 2.24) is 10.1 Å². The maximum absolute atomic E-state index is 11.9. The molecule has 1 aromatic carbocycles. The maximum atomic E-state index is 11.9. The van der Waals surface area contributed by atoms with Crippen molar-refractivity contribution >= 4 is 5.78 Å². The fraction of sp³-hybridized carbons (Fsp3) is 0.471. The summed E-state index contributed by atoms with van der Waals surface area (Å²) in [6.07, 6.45) is 5.08. The number of benzene rings is 1. The smallest absolute Gasteiger partial charge is 0.227 e. The third kappa shape index (κ3) is 3.38. The van der Waals surface area contributed by atoms with Gasteiger partial charge in [-0.2, -0.15) is 4.98 Å². The minimum atomic E-state index is 0.0745. The highest BCUT2D eigenvalue weighted by molar-refractivity contribution is 5.81. The summed E-state index contributed by atoms with van der Waals surface area (Å²) in [7, 11) is 0. The van der Waals surface area contributed by atoms with E-state index in [0.29, 0.717) is 36.8 Å². The number of Topliss-reactive ketones (excluding diaryl/α,β-unsaturated/α-hetero) is 1. The lowest BCUT2D eigenvalue weighted by atomic mass is 9.86. The van der Waals surface area contributed by atoms with Crippen LogP contribution in [0.4, 0.5) is 0 Å². The number of carbonyl (C=O) groups is 1. The van der Waals surface area contributed by atoms with E-state index in [-0.39, 0.29) is 5.92 Å². The summed E-state index contributed by atoms with van der Waals surface area (Å²) in [5.41, 5.74) is 2.44. The summed E-state index contributed by atoms with van der Waals surface area (Å²) in [6.45, 7) is 2.08. The second-order valence-corrected chi connectivity index (χ2v) is 5.82. The Hall–Kier alpha value is -1.97. The van der Waals surface area contributed by atoms with Gasteiger partial charge in [-0.05, 0) is 30.9 Å². The number of ketones is 1. The van der Waals surface area contributed by atoms with Crippen LogP contribution in [0.1, 0.15) is 48.5 Å². The molecule has 21 heavy (non-hydrogen) atoms. The van der Waals surface area contributed by atoms with E-state index in [1.807, 2.05) is 12.1 Å². The maximum Gasteiger partial charge on any atom is 0.227 e. The summed E-state index contributed by atoms with van der Waals surface area (Å²) in [4.78, 5) is 16.3. The lowest BCUT2D eigenvalue weighted by Gasteiger charge is -2.18. The van der Waals surface area contributed by atoms with E-state index < -0.39 is 0 Å². The minimum absolute atomic E-state index is 0.0745. The first-order valence-electron chi connectivity index (χ1n) is 7.61. The molecule has 0 radical (unpaired) electrons. The van der Waals surface area contributed by atoms with Crippen molar-refractivity contribution in [2.45, 2.75) is 45.4 Å². The number of hydrogen-bond acceptors (Lipinski definition) is 4. The van der Waals surface area contributed by atoms with Gasteiger partial charge in [0.25, 0.3) is 0 Å². The first-order valence-corrected chi connectivity index (χ1v) is 7.61. The van der Waals surface area contributed by atoms with E-state index in [0.717, 1.165) is 19.3 Å². The Balaban J connectivity index is 1.66. The van der Waals surface area contributed by atoms with Crippen LogP contribution >= 0.6 is 0 Å². The lowest BCUT2D eigenvalue weighted by Crippen LogP contribution is -2.21. The van der Waals surface area contributed by atoms with Crippen LogP contribution in [0.2, 0.25) is 0 Å². The molecule has 1 saturated carbocycles. The van der Waals surface area contributed by atoms with Crippen LogP contribution in [0, 0.1) is 12.8 Å². The summed E-state index contributed by atoms with van der Waals surface area (Å²) in [5, 5.41) is 4.05. The van der Waals surface area contributed by atoms with E-state index in [1.165, 1.54) is 11.1 Å². The molecule has 2 aromatic rings. The van der Waals surface area contributed by atoms with Gasteiger partial charge in [-0.25, -0.2) is 0 Å². The van der Waals surface area contributed by atoms with Crippen molar-refractivity contribution in [1.29, 1.82) is 0 Å². The largest absolute Gasteiger partial charge is 0.339 e. The fourth-order valence-corrected chi connectivity index (χ4v) is 2.91. The Morgan fingerprint density at radius 3 is 2.95 bits per heavy atom. The van der Waals surface area contributed by atoms with Crippen molar-refractivity contribution in [3.05, 3.63) is 47.1 Å². The van der Waals surface area contributed by atoms with Crippen LogP contribution in [0.3, 0.4) is 0 Å². The zero-order valence-corrected chi connectivity index (χ0v) is 12.3. The molecule has 0 amide bonds. The second-order valence-electron chi connectivity index (χ2n) is 5.82. The molecule has 0 bridgehead atoms. The summed E-state index contributed by atoms with van der Waals surface area (Å²) in [6, 6.07) is 8.20. The second kappa shape index (κ2) is 6.20. The highest BCUT2D eigenvalue weighted by atomic mass is 16.5. The van der Waals surface area contributed by atoms with Crippen LogP contribution in [-0.4, -0.2) is 15.9 Å². The van der Waals surface area contributed by atoms with Crippen LogP contribution < -0.4 is 0 Å². The lowest BCUT2D eigenvalue weighted by molar-refractivity contribution is -0.124. The van der Waals surface area contributed by atoms with Crippen LogP contribution in [0.15, 0.2) is 28.8 Å². The van der Waals surface area contributed by atoms with E-state index in [1.54, 1.807) is 0 Å². The van der Waals surface area contributed by atoms with Crippen LogP contribution in [0.5, 0.6) is 0 Å². The number of carbonyl (C=O) groups excluding carboxylic acids is 1. The molecule has 1 aliphatic carbocycles. The Labute approximate surface area is 124 Å². The van der Waals surface area contributed by atoms with Gasteiger partial charge < -0.3 is 4.52 Å². The average molecular weight is 284 g/mol. The van der Waals surface area contributed by atoms with E-state index in [9.17, 15) is 4.79 Å². The van der Waals surface area contributed by atoms with Crippen molar-refractivity contribution < 1.29 is 9.32 Å². The molecule has 1 aliphatic rings. The van der Waals surface area contributed by atoms with Gasteiger partial charge in [0.05, 0.1) is 0 Å². The number of aromatic nitrogens is 2. The number of nitrogens with zero attached hydrogens (tertiary/aromatic N) is 2. The van der Waals surface area contributed by atoms with E-state index in [4.69, 9.17) is 4.52 Å². The normalized spacial score (nSPS) is 18.9. The molecule has 1 unspecified atom stereocenters. The molecule has 4 nitrogen and oxygen atoms in total. The zero-order chi connectivity index (χ0) is 14.7. The Kier molecular flexibility index (Phi) is 4.13. The molecule has 110 valence electrons. The van der Waals surface area contributed by atoms with E-state index >= 15 is 0 Å². The Morgan fingerprint density at radius 1 is 1.29 bits per heavy atom. The molecule has 1 atom stereocenters. The highest BCUT2D eigenvalue weighted by Gasteiger charge is 2.24. The molecule has 0 N–H and O–H groups in total. The van der Waals surface area contributed by atoms with Crippen molar-refractivity contribution in [2.24, 2.45) is 5.92 Å². The first kappa shape index (κ1) is 14.0. The van der Waals surface area contributed by atoms with Gasteiger partial charge in [0.15, 0.2) is 5.82 Å². The number of aryl methyl sites for hydroxylation is 1. The van der Waals surface area contributed by atoms with Crippen molar-refractivity contribution in [3.63, 3.8) is 0 Å². The molecule has 4 heteroatoms. The number of rotatable bonds is 4. The summed E-state index contributed by atoms with van der Waals surface area (Å²) >= 11 is 0. The van der Waals surface area contributed by atoms with Crippen LogP contribution in [-0.2, 0) is 17.6 Å². The average Bonchev–Trinajstić information content (AvgIpc) is 2.91. The molecule has 1 heterocycles. The topological polar surface area (TPSA) is 56.0 Å². The minimum Gasteiger partial charge on any atom is -0.339 e. The molecule has 3 rings (SSSR count). The standard InChI is InChI=1S/C17H20N2O2/c1-12-6-2-3-7-13(12)10-16-18-17(21-19-16)11-14-8-4-5-9-15(14)20/h2-3,6-7,14H,4-5,8-11H2,1H3. The fourth-order valence-electron chi connectivity index (χ4n) is 2.91. The Bertz CT molecular complexity index is 633. The Morgan fingerprint density at radius 2 is 2.14 bits per heavy atom. The first-order chi connectivity index (χ1) is 10.2. The predicted octanol–water partition coefficient (Wildman–Crippen LogP) is 3.27. The quantitative estimate of drug-likeness (QED) is 0.864. The van der Waals surface area contributed by atoms with Gasteiger partial charge in [0.1, 0.15) is 5.78 Å². The monoisotopic (exact) mass is 284 g/mol. The van der Waals surface area contributed by atoms with Crippen molar-refractivity contribution in [2.75, 3.05) is 0 Å². The van der Waals surface area contributed by atoms with E-state index in [2.05, 4.69) is 29.2 Å². The van der Waals surface area contributed by atoms with Gasteiger partial charge >= 0.3 is 0 Å². The third-order valence-corrected chi connectivity index (χ3v) is 4.22. The van der Waals surface area contributed by atoms with Gasteiger partial charge in [-0.1, -0.05) is 35.8 Å². The van der Waals surface area contributed by atoms with Crippen LogP contribution in [0.25, 0.3) is 0 Å². The predicted molar refractivity (Wildman–Crippen MR) is 79.0 cm³/mol. The zero-order valence-electron chi connectivity index (χ0n) is 12.3. The highest BCUT2D eigenvalue weighted by Crippen LogP contribution is 2.23. The molecular weight excluding hydrogens is 264 g/mol. The number of hydrogen-bond donors (Lipinski definition) is 0. The van der Waals surface area contributed by atoms with Gasteiger partial charge in [-0.15, -0.1) is 0 Å². The third-order valence-electron chi connectivity index (χ3n) is 4.22. The molecular formula is C17H20N2O2. The summed E-state index contributed by atoms with van der Waals surface area (Å²) < 4.78 is 5.31. The molecule has 0 aliphatic heterocycles. The van der Waals surface area contributed by atoms with Gasteiger partial charge in [-0.3, -0.25) is 4.79 Å².